The normalized spacial score (nSPS) is 13.9. The highest BCUT2D eigenvalue weighted by Crippen LogP contribution is 2.27. The first-order valence-electron chi connectivity index (χ1n) is 10.3. The van der Waals surface area contributed by atoms with Crippen LogP contribution in [0.15, 0.2) is 72.1 Å². The second-order valence-corrected chi connectivity index (χ2v) is 8.55. The molecule has 30 heavy (non-hydrogen) atoms. The Labute approximate surface area is 180 Å². The molecule has 1 N–H and O–H groups in total. The number of nitrogens with zero attached hydrogens (tertiary/aromatic N) is 2. The van der Waals surface area contributed by atoms with Gasteiger partial charge in [-0.25, -0.2) is 4.98 Å². The van der Waals surface area contributed by atoms with Gasteiger partial charge in [-0.05, 0) is 41.1 Å². The number of thiophene rings is 1. The Bertz CT molecular complexity index is 1190. The lowest BCUT2D eigenvalue weighted by Gasteiger charge is -2.28. The lowest BCUT2D eigenvalue weighted by Crippen LogP contribution is -2.37. The Hall–Kier alpha value is -3.02. The summed E-state index contributed by atoms with van der Waals surface area (Å²) in [5, 5.41) is 6.05. The topological polar surface area (TPSA) is 45.2 Å². The molecule has 4 aromatic rings. The fourth-order valence-electron chi connectivity index (χ4n) is 4.08. The van der Waals surface area contributed by atoms with Gasteiger partial charge in [0, 0.05) is 31.6 Å². The molecule has 0 unspecified atom stereocenters. The van der Waals surface area contributed by atoms with Gasteiger partial charge in [0.1, 0.15) is 0 Å². The summed E-state index contributed by atoms with van der Waals surface area (Å²) in [5.74, 6) is -0.0381. The summed E-state index contributed by atoms with van der Waals surface area (Å²) >= 11 is 1.64. The first kappa shape index (κ1) is 19.0. The SMILES string of the molecule is O=C(NCCN1CCc2ccccc2C1)c1cc(-c2cccs2)nc2ccccc12. The number of pyridine rings is 1. The van der Waals surface area contributed by atoms with E-state index in [4.69, 9.17) is 4.98 Å². The molecule has 0 bridgehead atoms. The zero-order valence-electron chi connectivity index (χ0n) is 16.7. The second kappa shape index (κ2) is 8.38. The van der Waals surface area contributed by atoms with Crippen molar-refractivity contribution in [2.75, 3.05) is 19.6 Å². The summed E-state index contributed by atoms with van der Waals surface area (Å²) in [6.45, 7) is 3.47. The van der Waals surface area contributed by atoms with Gasteiger partial charge in [0.05, 0.1) is 21.7 Å². The average molecular weight is 414 g/mol. The number of carbonyl (C=O) groups is 1. The van der Waals surface area contributed by atoms with Gasteiger partial charge in [-0.1, -0.05) is 48.5 Å². The number of hydrogen-bond acceptors (Lipinski definition) is 4. The summed E-state index contributed by atoms with van der Waals surface area (Å²) in [6, 6.07) is 22.4. The van der Waals surface area contributed by atoms with Crippen LogP contribution in [0.25, 0.3) is 21.5 Å². The van der Waals surface area contributed by atoms with Gasteiger partial charge in [0.2, 0.25) is 0 Å². The van der Waals surface area contributed by atoms with Gasteiger partial charge in [-0.2, -0.15) is 0 Å². The van der Waals surface area contributed by atoms with Crippen LogP contribution in [0.5, 0.6) is 0 Å². The molecular formula is C25H23N3OS. The Morgan fingerprint density at radius 3 is 2.73 bits per heavy atom. The van der Waals surface area contributed by atoms with Crippen LogP contribution in [0.4, 0.5) is 0 Å². The zero-order valence-corrected chi connectivity index (χ0v) is 17.5. The van der Waals surface area contributed by atoms with Gasteiger partial charge in [0.25, 0.3) is 5.91 Å². The quantitative estimate of drug-likeness (QED) is 0.513. The van der Waals surface area contributed by atoms with Crippen molar-refractivity contribution < 1.29 is 4.79 Å². The highest BCUT2D eigenvalue weighted by Gasteiger charge is 2.17. The molecular weight excluding hydrogens is 390 g/mol. The summed E-state index contributed by atoms with van der Waals surface area (Å²) in [5.41, 5.74) is 5.23. The van der Waals surface area contributed by atoms with Crippen LogP contribution in [0, 0.1) is 0 Å². The van der Waals surface area contributed by atoms with E-state index >= 15 is 0 Å². The molecule has 3 heterocycles. The highest BCUT2D eigenvalue weighted by molar-refractivity contribution is 7.13. The average Bonchev–Trinajstić information content (AvgIpc) is 3.33. The molecule has 1 aliphatic rings. The number of para-hydroxylation sites is 1. The first-order chi connectivity index (χ1) is 14.8. The predicted octanol–water partition coefficient (Wildman–Crippen LogP) is 4.75. The van der Waals surface area contributed by atoms with Crippen molar-refractivity contribution >= 4 is 28.1 Å². The van der Waals surface area contributed by atoms with Gasteiger partial charge in [0.15, 0.2) is 0 Å². The molecule has 0 spiro atoms. The minimum absolute atomic E-state index is 0.0381. The molecule has 0 saturated heterocycles. The van der Waals surface area contributed by atoms with Gasteiger partial charge in [-0.3, -0.25) is 9.69 Å². The zero-order chi connectivity index (χ0) is 20.3. The molecule has 0 aliphatic carbocycles. The monoisotopic (exact) mass is 413 g/mol. The van der Waals surface area contributed by atoms with E-state index in [-0.39, 0.29) is 5.91 Å². The van der Waals surface area contributed by atoms with Crippen molar-refractivity contribution in [3.63, 3.8) is 0 Å². The number of benzene rings is 2. The lowest BCUT2D eigenvalue weighted by molar-refractivity contribution is 0.0949. The number of nitrogens with one attached hydrogen (secondary N) is 1. The molecule has 0 fully saturated rings. The predicted molar refractivity (Wildman–Crippen MR) is 123 cm³/mol. The summed E-state index contributed by atoms with van der Waals surface area (Å²) < 4.78 is 0. The van der Waals surface area contributed by atoms with Crippen molar-refractivity contribution in [3.05, 3.63) is 88.8 Å². The Balaban J connectivity index is 1.30. The van der Waals surface area contributed by atoms with Crippen molar-refractivity contribution in [1.29, 1.82) is 0 Å². The summed E-state index contributed by atoms with van der Waals surface area (Å²) in [6.07, 6.45) is 1.07. The Kier molecular flexibility index (Phi) is 5.30. The standard InChI is InChI=1S/C25H23N3OS/c29-25(26-12-14-28-13-11-18-6-1-2-7-19(18)17-28)21-16-23(24-10-5-15-30-24)27-22-9-4-3-8-20(21)22/h1-10,15-16H,11-14,17H2,(H,26,29). The number of hydrogen-bond donors (Lipinski definition) is 1. The minimum atomic E-state index is -0.0381. The maximum absolute atomic E-state index is 13.1. The molecule has 5 rings (SSSR count). The molecule has 0 radical (unpaired) electrons. The van der Waals surface area contributed by atoms with Gasteiger partial charge < -0.3 is 5.32 Å². The number of aromatic nitrogens is 1. The number of rotatable bonds is 5. The van der Waals surface area contributed by atoms with Crippen molar-refractivity contribution in [1.82, 2.24) is 15.2 Å². The van der Waals surface area contributed by atoms with E-state index in [0.717, 1.165) is 47.5 Å². The smallest absolute Gasteiger partial charge is 0.252 e. The Morgan fingerprint density at radius 2 is 1.87 bits per heavy atom. The molecule has 4 nitrogen and oxygen atoms in total. The van der Waals surface area contributed by atoms with Crippen LogP contribution < -0.4 is 5.32 Å². The third kappa shape index (κ3) is 3.86. The fourth-order valence-corrected chi connectivity index (χ4v) is 4.77. The largest absolute Gasteiger partial charge is 0.351 e. The second-order valence-electron chi connectivity index (χ2n) is 7.60. The minimum Gasteiger partial charge on any atom is -0.351 e. The van der Waals surface area contributed by atoms with E-state index in [0.29, 0.717) is 12.1 Å². The number of carbonyl (C=O) groups excluding carboxylic acids is 1. The molecule has 5 heteroatoms. The van der Waals surface area contributed by atoms with E-state index in [1.165, 1.54) is 11.1 Å². The molecule has 150 valence electrons. The highest BCUT2D eigenvalue weighted by atomic mass is 32.1. The van der Waals surface area contributed by atoms with Crippen LogP contribution in [0.3, 0.4) is 0 Å². The van der Waals surface area contributed by atoms with Crippen LogP contribution in [-0.2, 0) is 13.0 Å². The molecule has 1 amide bonds. The maximum atomic E-state index is 13.1. The third-order valence-corrected chi connectivity index (χ3v) is 6.55. The van der Waals surface area contributed by atoms with Crippen LogP contribution in [-0.4, -0.2) is 35.4 Å². The van der Waals surface area contributed by atoms with Crippen molar-refractivity contribution in [2.45, 2.75) is 13.0 Å². The lowest BCUT2D eigenvalue weighted by atomic mass is 10.00. The molecule has 1 aliphatic heterocycles. The van der Waals surface area contributed by atoms with Crippen LogP contribution in [0.1, 0.15) is 21.5 Å². The van der Waals surface area contributed by atoms with E-state index in [2.05, 4.69) is 34.5 Å². The van der Waals surface area contributed by atoms with Crippen molar-refractivity contribution in [2.24, 2.45) is 0 Å². The first-order valence-corrected chi connectivity index (χ1v) is 11.2. The fraction of sp³-hybridized carbons (Fsp3) is 0.200. The van der Waals surface area contributed by atoms with E-state index in [1.54, 1.807) is 11.3 Å². The van der Waals surface area contributed by atoms with Gasteiger partial charge in [-0.15, -0.1) is 11.3 Å². The van der Waals surface area contributed by atoms with Gasteiger partial charge >= 0.3 is 0 Å². The summed E-state index contributed by atoms with van der Waals surface area (Å²) in [7, 11) is 0. The van der Waals surface area contributed by atoms with E-state index in [1.807, 2.05) is 47.8 Å². The maximum Gasteiger partial charge on any atom is 0.252 e. The summed E-state index contributed by atoms with van der Waals surface area (Å²) in [4.78, 5) is 21.3. The molecule has 2 aromatic heterocycles. The molecule has 0 saturated carbocycles. The van der Waals surface area contributed by atoms with Crippen LogP contribution in [0.2, 0.25) is 0 Å². The number of amides is 1. The van der Waals surface area contributed by atoms with Crippen LogP contribution >= 0.6 is 11.3 Å². The van der Waals surface area contributed by atoms with Crippen molar-refractivity contribution in [3.8, 4) is 10.6 Å². The Morgan fingerprint density at radius 1 is 1.03 bits per heavy atom. The van der Waals surface area contributed by atoms with E-state index < -0.39 is 0 Å². The van der Waals surface area contributed by atoms with E-state index in [9.17, 15) is 4.79 Å². The number of fused-ring (bicyclic) bond motifs is 2. The third-order valence-electron chi connectivity index (χ3n) is 5.66. The molecule has 0 atom stereocenters. The molecule has 2 aromatic carbocycles.